The summed E-state index contributed by atoms with van der Waals surface area (Å²) in [6.07, 6.45) is 6.52. The van der Waals surface area contributed by atoms with E-state index in [4.69, 9.17) is 10.00 Å². The summed E-state index contributed by atoms with van der Waals surface area (Å²) in [6.45, 7) is 1.03. The third-order valence-corrected chi connectivity index (χ3v) is 4.36. The van der Waals surface area contributed by atoms with Crippen LogP contribution in [0.2, 0.25) is 0 Å². The molecule has 6 heteroatoms. The molecule has 0 saturated carbocycles. The van der Waals surface area contributed by atoms with Gasteiger partial charge in [0.05, 0.1) is 25.3 Å². The van der Waals surface area contributed by atoms with Crippen molar-refractivity contribution in [1.29, 1.82) is 5.26 Å². The molecule has 3 rings (SSSR count). The van der Waals surface area contributed by atoms with Crippen molar-refractivity contribution < 1.29 is 13.9 Å². The van der Waals surface area contributed by atoms with Crippen LogP contribution in [0.4, 0.5) is 14.9 Å². The predicted octanol–water partition coefficient (Wildman–Crippen LogP) is 2.99. The highest BCUT2D eigenvalue weighted by Crippen LogP contribution is 2.30. The third kappa shape index (κ3) is 3.81. The quantitative estimate of drug-likeness (QED) is 0.896. The van der Waals surface area contributed by atoms with Crippen molar-refractivity contribution in [3.8, 4) is 6.07 Å². The fourth-order valence-corrected chi connectivity index (χ4v) is 3.05. The van der Waals surface area contributed by atoms with Gasteiger partial charge >= 0.3 is 6.03 Å². The van der Waals surface area contributed by atoms with E-state index in [1.54, 1.807) is 0 Å². The predicted molar refractivity (Wildman–Crippen MR) is 87.6 cm³/mol. The number of rotatable bonds is 3. The third-order valence-electron chi connectivity index (χ3n) is 4.36. The van der Waals surface area contributed by atoms with E-state index in [0.717, 1.165) is 6.42 Å². The van der Waals surface area contributed by atoms with Gasteiger partial charge in [-0.15, -0.1) is 0 Å². The van der Waals surface area contributed by atoms with Crippen LogP contribution in [0.25, 0.3) is 0 Å². The van der Waals surface area contributed by atoms with Gasteiger partial charge in [-0.3, -0.25) is 0 Å². The molecular formula is C18H18FN3O2. The Morgan fingerprint density at radius 3 is 2.75 bits per heavy atom. The first-order valence-corrected chi connectivity index (χ1v) is 7.85. The van der Waals surface area contributed by atoms with Crippen LogP contribution in [-0.4, -0.2) is 25.3 Å². The molecule has 0 spiro atoms. The smallest absolute Gasteiger partial charge is 0.319 e. The Bertz CT molecular complexity index is 706. The Kier molecular flexibility index (Phi) is 4.92. The van der Waals surface area contributed by atoms with Gasteiger partial charge in [0, 0.05) is 17.2 Å². The number of ether oxygens (including phenoxy) is 1. The first-order valence-electron chi connectivity index (χ1n) is 7.85. The van der Waals surface area contributed by atoms with Gasteiger partial charge in [-0.1, -0.05) is 12.2 Å². The zero-order valence-corrected chi connectivity index (χ0v) is 13.0. The van der Waals surface area contributed by atoms with Crippen LogP contribution in [0, 0.1) is 29.0 Å². The Balaban J connectivity index is 1.57. The molecule has 1 saturated heterocycles. The van der Waals surface area contributed by atoms with Crippen LogP contribution in [-0.2, 0) is 4.74 Å². The highest BCUT2D eigenvalue weighted by Gasteiger charge is 2.34. The number of hydrogen-bond acceptors (Lipinski definition) is 3. The van der Waals surface area contributed by atoms with Crippen molar-refractivity contribution in [1.82, 2.24) is 5.32 Å². The lowest BCUT2D eigenvalue weighted by Crippen LogP contribution is -2.44. The molecule has 1 aromatic carbocycles. The number of nitrogens with zero attached hydrogens (tertiary/aromatic N) is 1. The van der Waals surface area contributed by atoms with Gasteiger partial charge in [0.15, 0.2) is 0 Å². The summed E-state index contributed by atoms with van der Waals surface area (Å²) in [5, 5.41) is 14.5. The number of anilines is 1. The van der Waals surface area contributed by atoms with Crippen LogP contribution in [0.3, 0.4) is 0 Å². The van der Waals surface area contributed by atoms with E-state index < -0.39 is 0 Å². The summed E-state index contributed by atoms with van der Waals surface area (Å²) < 4.78 is 18.4. The summed E-state index contributed by atoms with van der Waals surface area (Å²) in [4.78, 5) is 12.1. The van der Waals surface area contributed by atoms with E-state index in [-0.39, 0.29) is 29.7 Å². The average molecular weight is 327 g/mol. The Labute approximate surface area is 139 Å². The molecule has 2 aliphatic rings. The molecule has 1 aliphatic carbocycles. The SMILES string of the molecule is N#CC1=CCC([C@@H]2COCC2NC(=O)Nc2ccc(F)cc2)C=C1. The number of carbonyl (C=O) groups is 1. The average Bonchev–Trinajstić information content (AvgIpc) is 3.05. The molecule has 0 radical (unpaired) electrons. The lowest BCUT2D eigenvalue weighted by atomic mass is 9.83. The van der Waals surface area contributed by atoms with Crippen LogP contribution in [0.1, 0.15) is 6.42 Å². The molecule has 2 N–H and O–H groups in total. The van der Waals surface area contributed by atoms with Crippen molar-refractivity contribution in [3.05, 3.63) is 53.9 Å². The molecule has 1 fully saturated rings. The minimum absolute atomic E-state index is 0.0999. The maximum atomic E-state index is 12.9. The monoisotopic (exact) mass is 327 g/mol. The van der Waals surface area contributed by atoms with E-state index in [9.17, 15) is 9.18 Å². The summed E-state index contributed by atoms with van der Waals surface area (Å²) in [5.41, 5.74) is 1.20. The van der Waals surface area contributed by atoms with Crippen LogP contribution < -0.4 is 10.6 Å². The summed E-state index contributed by atoms with van der Waals surface area (Å²) in [6, 6.07) is 7.30. The molecule has 2 amide bonds. The molecule has 0 aromatic heterocycles. The molecular weight excluding hydrogens is 309 g/mol. The van der Waals surface area contributed by atoms with Gasteiger partial charge in [0.2, 0.25) is 0 Å². The van der Waals surface area contributed by atoms with Crippen molar-refractivity contribution >= 4 is 11.7 Å². The topological polar surface area (TPSA) is 74.1 Å². The van der Waals surface area contributed by atoms with Gasteiger partial charge in [-0.2, -0.15) is 5.26 Å². The van der Waals surface area contributed by atoms with Crippen molar-refractivity contribution in [2.75, 3.05) is 18.5 Å². The number of allylic oxidation sites excluding steroid dienone is 4. The Morgan fingerprint density at radius 1 is 1.29 bits per heavy atom. The van der Waals surface area contributed by atoms with Gasteiger partial charge in [0.25, 0.3) is 0 Å². The molecule has 124 valence electrons. The molecule has 1 heterocycles. The molecule has 24 heavy (non-hydrogen) atoms. The molecule has 0 bridgehead atoms. The zero-order chi connectivity index (χ0) is 16.9. The van der Waals surface area contributed by atoms with E-state index in [1.165, 1.54) is 24.3 Å². The van der Waals surface area contributed by atoms with Gasteiger partial charge in [-0.25, -0.2) is 9.18 Å². The molecule has 3 atom stereocenters. The first-order chi connectivity index (χ1) is 11.7. The fraction of sp³-hybridized carbons (Fsp3) is 0.333. The van der Waals surface area contributed by atoms with Gasteiger partial charge in [0.1, 0.15) is 5.82 Å². The molecule has 2 unspecified atom stereocenters. The van der Waals surface area contributed by atoms with Gasteiger partial charge in [-0.05, 0) is 42.7 Å². The highest BCUT2D eigenvalue weighted by molar-refractivity contribution is 5.89. The van der Waals surface area contributed by atoms with Crippen LogP contribution in [0.15, 0.2) is 48.1 Å². The normalized spacial score (nSPS) is 25.7. The number of halogens is 1. The summed E-state index contributed by atoms with van der Waals surface area (Å²) >= 11 is 0. The van der Waals surface area contributed by atoms with Gasteiger partial charge < -0.3 is 15.4 Å². The van der Waals surface area contributed by atoms with Crippen molar-refractivity contribution in [2.45, 2.75) is 12.5 Å². The maximum Gasteiger partial charge on any atom is 0.319 e. The van der Waals surface area contributed by atoms with E-state index >= 15 is 0 Å². The Hall–Kier alpha value is -2.65. The zero-order valence-electron chi connectivity index (χ0n) is 13.0. The Morgan fingerprint density at radius 2 is 2.08 bits per heavy atom. The minimum Gasteiger partial charge on any atom is -0.379 e. The second kappa shape index (κ2) is 7.28. The minimum atomic E-state index is -0.348. The van der Waals surface area contributed by atoms with E-state index in [0.29, 0.717) is 24.5 Å². The maximum absolute atomic E-state index is 12.9. The second-order valence-corrected chi connectivity index (χ2v) is 5.94. The van der Waals surface area contributed by atoms with E-state index in [2.05, 4.69) is 16.7 Å². The number of amides is 2. The highest BCUT2D eigenvalue weighted by atomic mass is 19.1. The van der Waals surface area contributed by atoms with Crippen molar-refractivity contribution in [2.24, 2.45) is 11.8 Å². The number of urea groups is 1. The summed E-state index contributed by atoms with van der Waals surface area (Å²) in [5.74, 6) is 0.0523. The second-order valence-electron chi connectivity index (χ2n) is 5.94. The number of carbonyl (C=O) groups excluding carboxylic acids is 1. The molecule has 1 aliphatic heterocycles. The molecule has 1 aromatic rings. The molecule has 5 nitrogen and oxygen atoms in total. The first kappa shape index (κ1) is 16.2. The van der Waals surface area contributed by atoms with Crippen LogP contribution in [0.5, 0.6) is 0 Å². The number of nitrogens with one attached hydrogen (secondary N) is 2. The lowest BCUT2D eigenvalue weighted by Gasteiger charge is -2.26. The van der Waals surface area contributed by atoms with Crippen LogP contribution >= 0.6 is 0 Å². The van der Waals surface area contributed by atoms with E-state index in [1.807, 2.05) is 18.2 Å². The fourth-order valence-electron chi connectivity index (χ4n) is 3.05. The lowest BCUT2D eigenvalue weighted by molar-refractivity contribution is 0.176. The number of hydrogen-bond donors (Lipinski definition) is 2. The standard InChI is InChI=1S/C18H18FN3O2/c19-14-5-7-15(8-6-14)21-18(23)22-17-11-24-10-16(17)13-3-1-12(9-20)2-4-13/h1-3,5-8,13,16-17H,4,10-11H2,(H2,21,22,23)/t13?,16-,17?/m0/s1. The largest absolute Gasteiger partial charge is 0.379 e. The number of nitriles is 1. The van der Waals surface area contributed by atoms with Crippen molar-refractivity contribution in [3.63, 3.8) is 0 Å². The summed E-state index contributed by atoms with van der Waals surface area (Å²) in [7, 11) is 0. The number of benzene rings is 1.